The van der Waals surface area contributed by atoms with E-state index in [4.69, 9.17) is 9.47 Å². The van der Waals surface area contributed by atoms with E-state index in [0.29, 0.717) is 25.9 Å². The Bertz CT molecular complexity index is 807. The number of esters is 1. The van der Waals surface area contributed by atoms with Crippen molar-refractivity contribution >= 4 is 33.7 Å². The van der Waals surface area contributed by atoms with E-state index in [0.717, 1.165) is 32.1 Å². The molecule has 3 heterocycles. The van der Waals surface area contributed by atoms with Crippen molar-refractivity contribution in [2.45, 2.75) is 74.4 Å². The molecule has 196 valence electrons. The number of fused-ring (bicyclic) bond motifs is 1. The standard InChI is InChI=1S/C26H39BrN2O6/c1-4-7-9-11-16-34-25(33)19-20-23(31)29(14-15-30)22(26(20)17-18(27)21(19)35-26)24(32)28(12-6-3)13-10-8-5-2/h4,6,18-22,30H,1,3,5,7-17H2,2H3/t18?,19-,20+,21-,22?,26?/m1/s1. The number of nitrogens with zero attached hydrogens (tertiary/aromatic N) is 2. The summed E-state index contributed by atoms with van der Waals surface area (Å²) in [6.07, 6.45) is 8.69. The number of alkyl halides is 1. The molecular weight excluding hydrogens is 516 g/mol. The van der Waals surface area contributed by atoms with Crippen LogP contribution in [0.2, 0.25) is 0 Å². The summed E-state index contributed by atoms with van der Waals surface area (Å²) in [5.74, 6) is -2.58. The van der Waals surface area contributed by atoms with Gasteiger partial charge in [-0.15, -0.1) is 13.2 Å². The normalized spacial score (nSPS) is 30.9. The van der Waals surface area contributed by atoms with Gasteiger partial charge in [0, 0.05) is 24.5 Å². The molecule has 2 amide bonds. The van der Waals surface area contributed by atoms with Gasteiger partial charge in [-0.2, -0.15) is 0 Å². The Morgan fingerprint density at radius 2 is 2.06 bits per heavy atom. The number of unbranched alkanes of at least 4 members (excludes halogenated alkanes) is 4. The van der Waals surface area contributed by atoms with Crippen LogP contribution in [0.25, 0.3) is 0 Å². The number of β-amino-alcohol motifs (C(OH)–C–C–N with tert-alkyl or cyclic N) is 1. The van der Waals surface area contributed by atoms with E-state index in [1.165, 1.54) is 4.90 Å². The molecule has 1 N–H and O–H groups in total. The molecule has 1 spiro atoms. The zero-order valence-electron chi connectivity index (χ0n) is 20.7. The van der Waals surface area contributed by atoms with Crippen LogP contribution in [0.15, 0.2) is 25.3 Å². The topological polar surface area (TPSA) is 96.4 Å². The maximum Gasteiger partial charge on any atom is 0.312 e. The summed E-state index contributed by atoms with van der Waals surface area (Å²) in [5.41, 5.74) is -1.13. The van der Waals surface area contributed by atoms with E-state index in [1.807, 2.05) is 6.08 Å². The molecule has 3 aliphatic heterocycles. The predicted octanol–water partition coefficient (Wildman–Crippen LogP) is 2.83. The Hall–Kier alpha value is -1.71. The first-order valence-corrected chi connectivity index (χ1v) is 13.7. The Morgan fingerprint density at radius 1 is 1.29 bits per heavy atom. The van der Waals surface area contributed by atoms with Gasteiger partial charge in [0.05, 0.1) is 31.2 Å². The van der Waals surface area contributed by atoms with Gasteiger partial charge in [0.25, 0.3) is 0 Å². The van der Waals surface area contributed by atoms with Crippen molar-refractivity contribution in [3.63, 3.8) is 0 Å². The molecule has 3 fully saturated rings. The molecule has 0 radical (unpaired) electrons. The Kier molecular flexibility index (Phi) is 9.95. The van der Waals surface area contributed by atoms with E-state index in [-0.39, 0.29) is 36.4 Å². The Morgan fingerprint density at radius 3 is 2.71 bits per heavy atom. The van der Waals surface area contributed by atoms with Gasteiger partial charge in [-0.1, -0.05) is 47.8 Å². The Labute approximate surface area is 216 Å². The number of allylic oxidation sites excluding steroid dienone is 1. The zero-order valence-corrected chi connectivity index (χ0v) is 22.3. The van der Waals surface area contributed by atoms with E-state index in [1.54, 1.807) is 11.0 Å². The van der Waals surface area contributed by atoms with Gasteiger partial charge < -0.3 is 24.4 Å². The third-order valence-corrected chi connectivity index (χ3v) is 8.22. The molecule has 0 saturated carbocycles. The largest absolute Gasteiger partial charge is 0.465 e. The van der Waals surface area contributed by atoms with Gasteiger partial charge in [-0.3, -0.25) is 14.4 Å². The lowest BCUT2D eigenvalue weighted by Gasteiger charge is -2.37. The lowest BCUT2D eigenvalue weighted by molar-refractivity contribution is -0.155. The van der Waals surface area contributed by atoms with Crippen molar-refractivity contribution in [1.82, 2.24) is 9.80 Å². The second-order valence-corrected chi connectivity index (χ2v) is 10.8. The fourth-order valence-corrected chi connectivity index (χ4v) is 6.80. The van der Waals surface area contributed by atoms with Gasteiger partial charge in [0.2, 0.25) is 11.8 Å². The fourth-order valence-electron chi connectivity index (χ4n) is 5.86. The molecule has 0 aromatic heterocycles. The van der Waals surface area contributed by atoms with Gasteiger partial charge >= 0.3 is 5.97 Å². The van der Waals surface area contributed by atoms with Crippen molar-refractivity contribution in [2.24, 2.45) is 11.8 Å². The monoisotopic (exact) mass is 554 g/mol. The molecule has 0 aliphatic carbocycles. The first-order chi connectivity index (χ1) is 16.9. The van der Waals surface area contributed by atoms with Crippen molar-refractivity contribution < 1.29 is 29.0 Å². The summed E-state index contributed by atoms with van der Waals surface area (Å²) in [4.78, 5) is 43.7. The molecule has 6 atom stereocenters. The summed E-state index contributed by atoms with van der Waals surface area (Å²) in [6, 6.07) is -0.899. The molecule has 9 heteroatoms. The SMILES string of the molecule is C=CCCCCOC(=O)[C@H]1[C@@H]2OC3(CC2Br)C(C(=O)N(CC=C)CCCCC)N(CCO)C(=O)[C@H]13. The van der Waals surface area contributed by atoms with E-state index >= 15 is 0 Å². The molecule has 3 rings (SSSR count). The molecule has 8 nitrogen and oxygen atoms in total. The zero-order chi connectivity index (χ0) is 25.6. The number of hydrogen-bond acceptors (Lipinski definition) is 6. The first-order valence-electron chi connectivity index (χ1n) is 12.8. The molecule has 2 bridgehead atoms. The van der Waals surface area contributed by atoms with Crippen LogP contribution in [0, 0.1) is 11.8 Å². The van der Waals surface area contributed by atoms with Gasteiger partial charge in [-0.25, -0.2) is 0 Å². The smallest absolute Gasteiger partial charge is 0.312 e. The lowest BCUT2D eigenvalue weighted by Crippen LogP contribution is -2.57. The van der Waals surface area contributed by atoms with Crippen LogP contribution in [-0.2, 0) is 23.9 Å². The minimum Gasteiger partial charge on any atom is -0.465 e. The highest BCUT2D eigenvalue weighted by atomic mass is 79.9. The highest BCUT2D eigenvalue weighted by Gasteiger charge is 2.77. The number of aliphatic hydroxyl groups is 1. The molecule has 3 unspecified atom stereocenters. The van der Waals surface area contributed by atoms with Crippen LogP contribution in [-0.4, -0.2) is 88.1 Å². The average molecular weight is 556 g/mol. The second-order valence-electron chi connectivity index (χ2n) is 9.65. The van der Waals surface area contributed by atoms with Gasteiger partial charge in [-0.05, 0) is 32.1 Å². The van der Waals surface area contributed by atoms with Crippen LogP contribution in [0.5, 0.6) is 0 Å². The van der Waals surface area contributed by atoms with Crippen LogP contribution in [0.4, 0.5) is 0 Å². The molecule has 0 aromatic rings. The summed E-state index contributed by atoms with van der Waals surface area (Å²) >= 11 is 3.65. The van der Waals surface area contributed by atoms with Crippen molar-refractivity contribution in [2.75, 3.05) is 32.8 Å². The minimum atomic E-state index is -1.13. The third kappa shape index (κ3) is 5.37. The third-order valence-electron chi connectivity index (χ3n) is 7.38. The number of rotatable bonds is 15. The predicted molar refractivity (Wildman–Crippen MR) is 136 cm³/mol. The molecular formula is C26H39BrN2O6. The van der Waals surface area contributed by atoms with Crippen molar-refractivity contribution in [1.29, 1.82) is 0 Å². The van der Waals surface area contributed by atoms with Gasteiger partial charge in [0.15, 0.2) is 0 Å². The maximum atomic E-state index is 13.9. The number of ether oxygens (including phenoxy) is 2. The minimum absolute atomic E-state index is 0.00861. The fraction of sp³-hybridized carbons (Fsp3) is 0.731. The number of halogens is 1. The summed E-state index contributed by atoms with van der Waals surface area (Å²) in [7, 11) is 0. The van der Waals surface area contributed by atoms with E-state index < -0.39 is 35.6 Å². The van der Waals surface area contributed by atoms with Crippen LogP contribution < -0.4 is 0 Å². The first kappa shape index (κ1) is 27.9. The van der Waals surface area contributed by atoms with E-state index in [2.05, 4.69) is 36.0 Å². The van der Waals surface area contributed by atoms with E-state index in [9.17, 15) is 19.5 Å². The quantitative estimate of drug-likeness (QED) is 0.145. The highest BCUT2D eigenvalue weighted by molar-refractivity contribution is 9.09. The van der Waals surface area contributed by atoms with Crippen LogP contribution in [0.3, 0.4) is 0 Å². The number of carbonyl (C=O) groups excluding carboxylic acids is 3. The summed E-state index contributed by atoms with van der Waals surface area (Å²) in [5, 5.41) is 9.72. The highest BCUT2D eigenvalue weighted by Crippen LogP contribution is 2.60. The van der Waals surface area contributed by atoms with Gasteiger partial charge in [0.1, 0.15) is 11.6 Å². The average Bonchev–Trinajstić information content (AvgIpc) is 3.42. The number of likely N-dealkylation sites (tertiary alicyclic amines) is 1. The summed E-state index contributed by atoms with van der Waals surface area (Å²) in [6.45, 7) is 10.5. The lowest BCUT2D eigenvalue weighted by atomic mass is 9.70. The van der Waals surface area contributed by atoms with Crippen LogP contribution in [0.1, 0.15) is 51.9 Å². The molecule has 3 saturated heterocycles. The maximum absolute atomic E-state index is 13.9. The van der Waals surface area contributed by atoms with Crippen molar-refractivity contribution in [3.8, 4) is 0 Å². The second kappa shape index (κ2) is 12.5. The number of carbonyl (C=O) groups is 3. The number of amides is 2. The molecule has 3 aliphatic rings. The molecule has 0 aromatic carbocycles. The molecule has 35 heavy (non-hydrogen) atoms. The van der Waals surface area contributed by atoms with Crippen molar-refractivity contribution in [3.05, 3.63) is 25.3 Å². The number of aliphatic hydroxyl groups excluding tert-OH is 1. The number of hydrogen-bond donors (Lipinski definition) is 1. The van der Waals surface area contributed by atoms with Crippen LogP contribution >= 0.6 is 15.9 Å². The summed E-state index contributed by atoms with van der Waals surface area (Å²) < 4.78 is 12.0. The Balaban J connectivity index is 1.87.